The summed E-state index contributed by atoms with van der Waals surface area (Å²) < 4.78 is 1.12. The van der Waals surface area contributed by atoms with Gasteiger partial charge in [-0.3, -0.25) is 4.98 Å². The Kier molecular flexibility index (Phi) is 4.50. The highest BCUT2D eigenvalue weighted by Crippen LogP contribution is 2.21. The number of hydrogen-bond acceptors (Lipinski definition) is 2. The molecule has 1 heterocycles. The average molecular weight is 305 g/mol. The first-order chi connectivity index (χ1) is 8.66. The molecule has 0 spiro atoms. The van der Waals surface area contributed by atoms with Gasteiger partial charge in [0.2, 0.25) is 0 Å². The molecule has 94 valence electrons. The van der Waals surface area contributed by atoms with E-state index in [0.717, 1.165) is 4.47 Å². The molecule has 0 bridgehead atoms. The monoisotopic (exact) mass is 304 g/mol. The van der Waals surface area contributed by atoms with Crippen molar-refractivity contribution in [1.82, 2.24) is 10.3 Å². The van der Waals surface area contributed by atoms with E-state index in [4.69, 9.17) is 0 Å². The number of benzene rings is 1. The van der Waals surface area contributed by atoms with E-state index >= 15 is 0 Å². The van der Waals surface area contributed by atoms with E-state index < -0.39 is 0 Å². The van der Waals surface area contributed by atoms with E-state index in [-0.39, 0.29) is 0 Å². The van der Waals surface area contributed by atoms with Crippen molar-refractivity contribution in [2.45, 2.75) is 25.9 Å². The van der Waals surface area contributed by atoms with Crippen molar-refractivity contribution in [3.63, 3.8) is 0 Å². The van der Waals surface area contributed by atoms with Crippen LogP contribution in [0.15, 0.2) is 53.3 Å². The summed E-state index contributed by atoms with van der Waals surface area (Å²) in [6.07, 6.45) is 3.66. The SMILES string of the molecule is CC(N[C@H](C)c1ccncc1)c1cccc(Br)c1. The second-order valence-corrected chi connectivity index (χ2v) is 5.36. The predicted octanol–water partition coefficient (Wildman–Crippen LogP) is 4.26. The number of rotatable bonds is 4. The summed E-state index contributed by atoms with van der Waals surface area (Å²) in [6, 6.07) is 13.1. The van der Waals surface area contributed by atoms with Gasteiger partial charge in [0.15, 0.2) is 0 Å². The molecule has 18 heavy (non-hydrogen) atoms. The van der Waals surface area contributed by atoms with E-state index in [9.17, 15) is 0 Å². The molecule has 2 aromatic rings. The minimum absolute atomic E-state index is 0.307. The van der Waals surface area contributed by atoms with Crippen molar-refractivity contribution in [2.24, 2.45) is 0 Å². The fourth-order valence-corrected chi connectivity index (χ4v) is 2.41. The van der Waals surface area contributed by atoms with Gasteiger partial charge in [0.25, 0.3) is 0 Å². The first-order valence-electron chi connectivity index (χ1n) is 6.08. The van der Waals surface area contributed by atoms with Crippen molar-refractivity contribution in [3.05, 3.63) is 64.4 Å². The van der Waals surface area contributed by atoms with Crippen LogP contribution in [0.5, 0.6) is 0 Å². The summed E-state index contributed by atoms with van der Waals surface area (Å²) in [5.41, 5.74) is 2.54. The lowest BCUT2D eigenvalue weighted by Crippen LogP contribution is -2.22. The summed E-state index contributed by atoms with van der Waals surface area (Å²) in [4.78, 5) is 4.04. The van der Waals surface area contributed by atoms with E-state index in [1.54, 1.807) is 0 Å². The molecule has 0 aliphatic carbocycles. The maximum absolute atomic E-state index is 4.04. The van der Waals surface area contributed by atoms with Crippen LogP contribution in [0, 0.1) is 0 Å². The van der Waals surface area contributed by atoms with Crippen molar-refractivity contribution in [3.8, 4) is 0 Å². The topological polar surface area (TPSA) is 24.9 Å². The van der Waals surface area contributed by atoms with Crippen molar-refractivity contribution < 1.29 is 0 Å². The quantitative estimate of drug-likeness (QED) is 0.913. The third-order valence-electron chi connectivity index (χ3n) is 3.05. The lowest BCUT2D eigenvalue weighted by atomic mass is 10.1. The van der Waals surface area contributed by atoms with Crippen LogP contribution in [-0.2, 0) is 0 Å². The molecule has 1 unspecified atom stereocenters. The number of nitrogens with zero attached hydrogens (tertiary/aromatic N) is 1. The molecule has 1 aromatic carbocycles. The number of aromatic nitrogens is 1. The zero-order chi connectivity index (χ0) is 13.0. The molecule has 0 fully saturated rings. The van der Waals surface area contributed by atoms with Crippen LogP contribution < -0.4 is 5.32 Å². The molecule has 2 atom stereocenters. The maximum atomic E-state index is 4.04. The molecule has 1 N–H and O–H groups in total. The Hall–Kier alpha value is -1.19. The highest BCUT2D eigenvalue weighted by Gasteiger charge is 2.10. The molecule has 0 aliphatic heterocycles. The summed E-state index contributed by atoms with van der Waals surface area (Å²) in [6.45, 7) is 4.35. The van der Waals surface area contributed by atoms with Gasteiger partial charge in [-0.2, -0.15) is 0 Å². The second-order valence-electron chi connectivity index (χ2n) is 4.45. The smallest absolute Gasteiger partial charge is 0.0298 e. The second kappa shape index (κ2) is 6.12. The van der Waals surface area contributed by atoms with Crippen LogP contribution in [0.25, 0.3) is 0 Å². The normalized spacial score (nSPS) is 14.2. The summed E-state index contributed by atoms with van der Waals surface area (Å²) in [5, 5.41) is 3.59. The van der Waals surface area contributed by atoms with Gasteiger partial charge in [-0.15, -0.1) is 0 Å². The Labute approximate surface area is 117 Å². The largest absolute Gasteiger partial charge is 0.304 e. The van der Waals surface area contributed by atoms with Crippen LogP contribution in [-0.4, -0.2) is 4.98 Å². The van der Waals surface area contributed by atoms with Gasteiger partial charge in [-0.25, -0.2) is 0 Å². The van der Waals surface area contributed by atoms with Gasteiger partial charge < -0.3 is 5.32 Å². The van der Waals surface area contributed by atoms with Crippen LogP contribution in [0.2, 0.25) is 0 Å². The maximum Gasteiger partial charge on any atom is 0.0298 e. The van der Waals surface area contributed by atoms with Crippen LogP contribution in [0.3, 0.4) is 0 Å². The first-order valence-corrected chi connectivity index (χ1v) is 6.87. The third kappa shape index (κ3) is 3.40. The minimum Gasteiger partial charge on any atom is -0.304 e. The Balaban J connectivity index is 2.05. The molecule has 0 amide bonds. The van der Waals surface area contributed by atoms with Gasteiger partial charge in [0.05, 0.1) is 0 Å². The standard InChI is InChI=1S/C15H17BrN2/c1-11(13-6-8-17-9-7-13)18-12(2)14-4-3-5-15(16)10-14/h3-12,18H,1-2H3/t11-,12?/m1/s1. The molecule has 0 aliphatic rings. The highest BCUT2D eigenvalue weighted by atomic mass is 79.9. The molecular formula is C15H17BrN2. The summed E-state index contributed by atoms with van der Waals surface area (Å²) in [7, 11) is 0. The fourth-order valence-electron chi connectivity index (χ4n) is 2.00. The zero-order valence-corrected chi connectivity index (χ0v) is 12.2. The van der Waals surface area contributed by atoms with Crippen LogP contribution >= 0.6 is 15.9 Å². The van der Waals surface area contributed by atoms with Gasteiger partial charge >= 0.3 is 0 Å². The Bertz CT molecular complexity index is 499. The average Bonchev–Trinajstić information content (AvgIpc) is 2.39. The third-order valence-corrected chi connectivity index (χ3v) is 3.55. The van der Waals surface area contributed by atoms with Gasteiger partial charge in [0, 0.05) is 29.0 Å². The van der Waals surface area contributed by atoms with E-state index in [2.05, 4.69) is 58.3 Å². The molecule has 0 saturated heterocycles. The van der Waals surface area contributed by atoms with Crippen molar-refractivity contribution in [1.29, 1.82) is 0 Å². The number of halogens is 1. The highest BCUT2D eigenvalue weighted by molar-refractivity contribution is 9.10. The number of pyridine rings is 1. The zero-order valence-electron chi connectivity index (χ0n) is 10.6. The van der Waals surface area contributed by atoms with Gasteiger partial charge in [-0.05, 0) is 49.2 Å². The summed E-state index contributed by atoms with van der Waals surface area (Å²) in [5.74, 6) is 0. The fraction of sp³-hybridized carbons (Fsp3) is 0.267. The van der Waals surface area contributed by atoms with E-state index in [1.165, 1.54) is 11.1 Å². The van der Waals surface area contributed by atoms with Crippen LogP contribution in [0.4, 0.5) is 0 Å². The Morgan fingerprint density at radius 3 is 2.33 bits per heavy atom. The molecule has 2 rings (SSSR count). The van der Waals surface area contributed by atoms with E-state index in [0.29, 0.717) is 12.1 Å². The minimum atomic E-state index is 0.307. The van der Waals surface area contributed by atoms with Crippen molar-refractivity contribution >= 4 is 15.9 Å². The van der Waals surface area contributed by atoms with Crippen LogP contribution in [0.1, 0.15) is 37.1 Å². The predicted molar refractivity (Wildman–Crippen MR) is 78.3 cm³/mol. The van der Waals surface area contributed by atoms with E-state index in [1.807, 2.05) is 30.6 Å². The molecule has 0 radical (unpaired) electrons. The molecule has 2 nitrogen and oxygen atoms in total. The van der Waals surface area contributed by atoms with Crippen molar-refractivity contribution in [2.75, 3.05) is 0 Å². The summed E-state index contributed by atoms with van der Waals surface area (Å²) >= 11 is 3.51. The van der Waals surface area contributed by atoms with Gasteiger partial charge in [-0.1, -0.05) is 28.1 Å². The first kappa shape index (κ1) is 13.2. The lowest BCUT2D eigenvalue weighted by Gasteiger charge is -2.20. The van der Waals surface area contributed by atoms with Gasteiger partial charge in [0.1, 0.15) is 0 Å². The lowest BCUT2D eigenvalue weighted by molar-refractivity contribution is 0.494. The molecule has 3 heteroatoms. The molecular weight excluding hydrogens is 288 g/mol. The molecule has 0 saturated carbocycles. The number of hydrogen-bond donors (Lipinski definition) is 1. The molecule has 1 aromatic heterocycles. The Morgan fingerprint density at radius 2 is 1.67 bits per heavy atom. The Morgan fingerprint density at radius 1 is 1.00 bits per heavy atom. The number of nitrogens with one attached hydrogen (secondary N) is 1.